The van der Waals surface area contributed by atoms with Crippen LogP contribution in [0.2, 0.25) is 6.32 Å². The summed E-state index contributed by atoms with van der Waals surface area (Å²) in [4.78, 5) is 0. The summed E-state index contributed by atoms with van der Waals surface area (Å²) in [7, 11) is 0.0453. The largest absolute Gasteiger partial charge is 0.457 e. The van der Waals surface area contributed by atoms with Crippen LogP contribution in [0.4, 0.5) is 0 Å². The quantitative estimate of drug-likeness (QED) is 0.405. The average molecular weight is 276 g/mol. The van der Waals surface area contributed by atoms with Gasteiger partial charge in [-0.05, 0) is 56.2 Å². The minimum Gasteiger partial charge on any atom is -0.405 e. The van der Waals surface area contributed by atoms with E-state index in [9.17, 15) is 0 Å². The van der Waals surface area contributed by atoms with Crippen LogP contribution in [0.3, 0.4) is 0 Å². The highest BCUT2D eigenvalue weighted by Crippen LogP contribution is 2.65. The van der Waals surface area contributed by atoms with Crippen molar-refractivity contribution in [1.82, 2.24) is 0 Å². The van der Waals surface area contributed by atoms with Crippen molar-refractivity contribution < 1.29 is 9.31 Å². The van der Waals surface area contributed by atoms with Crippen LogP contribution >= 0.6 is 0 Å². The van der Waals surface area contributed by atoms with E-state index in [4.69, 9.17) is 9.31 Å². The fourth-order valence-electron chi connectivity index (χ4n) is 4.85. The zero-order chi connectivity index (χ0) is 14.4. The van der Waals surface area contributed by atoms with E-state index < -0.39 is 0 Å². The van der Waals surface area contributed by atoms with E-state index in [0.29, 0.717) is 17.4 Å². The van der Waals surface area contributed by atoms with Crippen molar-refractivity contribution in [3.63, 3.8) is 0 Å². The van der Waals surface area contributed by atoms with Gasteiger partial charge in [0.2, 0.25) is 0 Å². The first-order valence-corrected chi connectivity index (χ1v) is 8.42. The number of hydrogen-bond acceptors (Lipinski definition) is 2. The second-order valence-electron chi connectivity index (χ2n) is 7.82. The van der Waals surface area contributed by atoms with Gasteiger partial charge in [0.1, 0.15) is 0 Å². The van der Waals surface area contributed by atoms with E-state index >= 15 is 0 Å². The Kier molecular flexibility index (Phi) is 3.79. The molecule has 3 heteroatoms. The highest BCUT2D eigenvalue weighted by molar-refractivity contribution is 6.45. The average Bonchev–Trinajstić information content (AvgIpc) is 2.74. The van der Waals surface area contributed by atoms with Gasteiger partial charge < -0.3 is 9.31 Å². The molecule has 2 bridgehead atoms. The summed E-state index contributed by atoms with van der Waals surface area (Å²) in [6, 6.07) is 0. The van der Waals surface area contributed by atoms with Crippen molar-refractivity contribution in [1.29, 1.82) is 0 Å². The van der Waals surface area contributed by atoms with Gasteiger partial charge in [-0.2, -0.15) is 0 Å². The van der Waals surface area contributed by atoms with E-state index in [0.717, 1.165) is 18.7 Å². The Morgan fingerprint density at radius 3 is 2.70 bits per heavy atom. The normalized spacial score (nSPS) is 41.1. The molecule has 4 fully saturated rings. The summed E-state index contributed by atoms with van der Waals surface area (Å²) < 4.78 is 12.6. The van der Waals surface area contributed by atoms with Crippen molar-refractivity contribution >= 4 is 7.12 Å². The predicted molar refractivity (Wildman–Crippen MR) is 83.6 cm³/mol. The molecule has 2 nitrogen and oxygen atoms in total. The van der Waals surface area contributed by atoms with Crippen molar-refractivity contribution in [3.8, 4) is 0 Å². The smallest absolute Gasteiger partial charge is 0.405 e. The van der Waals surface area contributed by atoms with Gasteiger partial charge in [-0.15, -0.1) is 6.58 Å². The van der Waals surface area contributed by atoms with Crippen LogP contribution in [0, 0.1) is 17.3 Å². The van der Waals surface area contributed by atoms with Crippen molar-refractivity contribution in [2.45, 2.75) is 77.3 Å². The first-order chi connectivity index (χ1) is 9.48. The molecular formula is C17H29BO2. The third-order valence-corrected chi connectivity index (χ3v) is 6.35. The van der Waals surface area contributed by atoms with Crippen LogP contribution < -0.4 is 0 Å². The molecular weight excluding hydrogens is 247 g/mol. The maximum atomic E-state index is 6.40. The summed E-state index contributed by atoms with van der Waals surface area (Å²) in [5.74, 6) is 1.53. The molecule has 1 aliphatic heterocycles. The van der Waals surface area contributed by atoms with Gasteiger partial charge in [-0.1, -0.05) is 32.8 Å². The maximum Gasteiger partial charge on any atom is 0.457 e. The van der Waals surface area contributed by atoms with Gasteiger partial charge in [0.15, 0.2) is 0 Å². The third-order valence-electron chi connectivity index (χ3n) is 6.35. The second-order valence-corrected chi connectivity index (χ2v) is 7.82. The summed E-state index contributed by atoms with van der Waals surface area (Å²) >= 11 is 0. The number of hydrogen-bond donors (Lipinski definition) is 0. The fourth-order valence-corrected chi connectivity index (χ4v) is 4.85. The van der Waals surface area contributed by atoms with Crippen molar-refractivity contribution in [2.24, 2.45) is 17.3 Å². The standard InChI is InChI=1S/C17H29BO2/c1-5-6-7-8-9-10-18-19-15-12-13-11-14(16(13,2)3)17(15,4)20-18/h5,13-15H,1,6-12H2,2-4H3. The van der Waals surface area contributed by atoms with E-state index in [2.05, 4.69) is 27.4 Å². The Bertz CT molecular complexity index is 381. The van der Waals surface area contributed by atoms with Crippen LogP contribution in [0.5, 0.6) is 0 Å². The molecule has 0 spiro atoms. The van der Waals surface area contributed by atoms with Gasteiger partial charge in [-0.3, -0.25) is 0 Å². The Labute approximate surface area is 124 Å². The summed E-state index contributed by atoms with van der Waals surface area (Å²) in [5.41, 5.74) is 0.428. The topological polar surface area (TPSA) is 18.5 Å². The number of allylic oxidation sites excluding steroid dienone is 1. The van der Waals surface area contributed by atoms with Crippen LogP contribution in [0.15, 0.2) is 12.7 Å². The summed E-state index contributed by atoms with van der Waals surface area (Å²) in [5, 5.41) is 0. The van der Waals surface area contributed by atoms with Crippen molar-refractivity contribution in [3.05, 3.63) is 12.7 Å². The SMILES string of the molecule is C=CCCCCCB1OC2CC3CC(C3(C)C)C2(C)O1. The van der Waals surface area contributed by atoms with Crippen LogP contribution in [-0.4, -0.2) is 18.8 Å². The minimum atomic E-state index is -0.0238. The molecule has 20 heavy (non-hydrogen) atoms. The zero-order valence-electron chi connectivity index (χ0n) is 13.4. The lowest BCUT2D eigenvalue weighted by atomic mass is 9.43. The highest BCUT2D eigenvalue weighted by Gasteiger charge is 2.67. The maximum absolute atomic E-state index is 6.40. The second kappa shape index (κ2) is 5.17. The Morgan fingerprint density at radius 1 is 1.20 bits per heavy atom. The molecule has 4 unspecified atom stereocenters. The van der Waals surface area contributed by atoms with E-state index in [1.54, 1.807) is 0 Å². The molecule has 0 amide bonds. The lowest BCUT2D eigenvalue weighted by molar-refractivity contribution is -0.199. The number of rotatable bonds is 6. The Hall–Kier alpha value is -0.275. The van der Waals surface area contributed by atoms with Crippen molar-refractivity contribution in [2.75, 3.05) is 0 Å². The fraction of sp³-hybridized carbons (Fsp3) is 0.882. The molecule has 4 aliphatic rings. The third kappa shape index (κ3) is 2.18. The molecule has 3 saturated carbocycles. The molecule has 0 aromatic heterocycles. The first-order valence-electron chi connectivity index (χ1n) is 8.42. The summed E-state index contributed by atoms with van der Waals surface area (Å²) in [6.45, 7) is 10.9. The molecule has 1 saturated heterocycles. The van der Waals surface area contributed by atoms with Gasteiger partial charge in [-0.25, -0.2) is 0 Å². The van der Waals surface area contributed by atoms with E-state index in [-0.39, 0.29) is 12.7 Å². The number of unbranched alkanes of at least 4 members (excludes halogenated alkanes) is 3. The molecule has 1 heterocycles. The Balaban J connectivity index is 1.52. The molecule has 4 rings (SSSR count). The molecule has 112 valence electrons. The molecule has 0 aromatic carbocycles. The summed E-state index contributed by atoms with van der Waals surface area (Å²) in [6.07, 6.45) is 10.8. The van der Waals surface area contributed by atoms with E-state index in [1.165, 1.54) is 32.1 Å². The monoisotopic (exact) mass is 276 g/mol. The molecule has 3 aliphatic carbocycles. The first kappa shape index (κ1) is 14.7. The zero-order valence-corrected chi connectivity index (χ0v) is 13.4. The molecule has 0 N–H and O–H groups in total. The molecule has 4 atom stereocenters. The lowest BCUT2D eigenvalue weighted by Gasteiger charge is -2.64. The van der Waals surface area contributed by atoms with Gasteiger partial charge in [0, 0.05) is 0 Å². The van der Waals surface area contributed by atoms with Gasteiger partial charge in [0.25, 0.3) is 0 Å². The van der Waals surface area contributed by atoms with Crippen LogP contribution in [0.1, 0.15) is 59.3 Å². The predicted octanol–water partition coefficient (Wildman–Crippen LogP) is 4.46. The minimum absolute atomic E-state index is 0.0238. The molecule has 0 aromatic rings. The van der Waals surface area contributed by atoms with Crippen LogP contribution in [0.25, 0.3) is 0 Å². The van der Waals surface area contributed by atoms with Gasteiger partial charge in [0.05, 0.1) is 11.7 Å². The van der Waals surface area contributed by atoms with Crippen LogP contribution in [-0.2, 0) is 9.31 Å². The molecule has 0 radical (unpaired) electrons. The van der Waals surface area contributed by atoms with Gasteiger partial charge >= 0.3 is 7.12 Å². The highest BCUT2D eigenvalue weighted by atomic mass is 16.7. The van der Waals surface area contributed by atoms with E-state index in [1.807, 2.05) is 6.08 Å². The Morgan fingerprint density at radius 2 is 2.00 bits per heavy atom. The lowest BCUT2D eigenvalue weighted by Crippen LogP contribution is -2.65.